The molecule has 0 bridgehead atoms. The van der Waals surface area contributed by atoms with Crippen molar-refractivity contribution in [1.82, 2.24) is 5.32 Å². The summed E-state index contributed by atoms with van der Waals surface area (Å²) >= 11 is 0. The third-order valence-electron chi connectivity index (χ3n) is 3.80. The summed E-state index contributed by atoms with van der Waals surface area (Å²) in [6.07, 6.45) is 4.05. The molecule has 1 amide bonds. The Balaban J connectivity index is 1.88. The quantitative estimate of drug-likeness (QED) is 0.766. The van der Waals surface area contributed by atoms with E-state index in [-0.39, 0.29) is 24.5 Å². The van der Waals surface area contributed by atoms with Crippen molar-refractivity contribution in [3.05, 3.63) is 35.4 Å². The molecule has 0 spiro atoms. The van der Waals surface area contributed by atoms with Gasteiger partial charge in [-0.2, -0.15) is 0 Å². The number of benzene rings is 1. The molecule has 1 aliphatic carbocycles. The Morgan fingerprint density at radius 3 is 2.79 bits per heavy atom. The summed E-state index contributed by atoms with van der Waals surface area (Å²) < 4.78 is 0. The van der Waals surface area contributed by atoms with Crippen LogP contribution in [0.15, 0.2) is 24.3 Å². The molecule has 104 valence electrons. The predicted molar refractivity (Wildman–Crippen MR) is 74.1 cm³/mol. The van der Waals surface area contributed by atoms with Gasteiger partial charge in [0.25, 0.3) is 0 Å². The highest BCUT2D eigenvalue weighted by Gasteiger charge is 2.27. The maximum atomic E-state index is 12.1. The summed E-state index contributed by atoms with van der Waals surface area (Å²) in [6, 6.07) is 7.60. The molecular formula is C15H22N2O2. The van der Waals surface area contributed by atoms with Crippen LogP contribution < -0.4 is 11.1 Å². The average molecular weight is 262 g/mol. The van der Waals surface area contributed by atoms with E-state index in [4.69, 9.17) is 10.8 Å². The van der Waals surface area contributed by atoms with Crippen molar-refractivity contribution < 1.29 is 9.90 Å². The van der Waals surface area contributed by atoms with Gasteiger partial charge >= 0.3 is 0 Å². The van der Waals surface area contributed by atoms with Crippen molar-refractivity contribution >= 4 is 5.91 Å². The van der Waals surface area contributed by atoms with Crippen LogP contribution in [0.5, 0.6) is 0 Å². The molecule has 1 saturated carbocycles. The van der Waals surface area contributed by atoms with Crippen LogP contribution in [0.2, 0.25) is 0 Å². The van der Waals surface area contributed by atoms with Gasteiger partial charge < -0.3 is 16.2 Å². The normalized spacial score (nSPS) is 23.1. The van der Waals surface area contributed by atoms with Crippen molar-refractivity contribution in [3.63, 3.8) is 0 Å². The zero-order valence-electron chi connectivity index (χ0n) is 11.1. The van der Waals surface area contributed by atoms with Crippen LogP contribution in [0.1, 0.15) is 36.8 Å². The summed E-state index contributed by atoms with van der Waals surface area (Å²) in [7, 11) is 0. The third-order valence-corrected chi connectivity index (χ3v) is 3.80. The van der Waals surface area contributed by atoms with Gasteiger partial charge in [-0.15, -0.1) is 0 Å². The third kappa shape index (κ3) is 3.78. The van der Waals surface area contributed by atoms with Crippen molar-refractivity contribution in [2.75, 3.05) is 0 Å². The summed E-state index contributed by atoms with van der Waals surface area (Å²) in [5.74, 6) is 0.0105. The summed E-state index contributed by atoms with van der Waals surface area (Å²) in [5, 5.41) is 12.0. The second-order valence-corrected chi connectivity index (χ2v) is 5.25. The van der Waals surface area contributed by atoms with Gasteiger partial charge in [0.05, 0.1) is 12.5 Å². The monoisotopic (exact) mass is 262 g/mol. The lowest BCUT2D eigenvalue weighted by atomic mass is 9.84. The molecule has 0 aliphatic heterocycles. The lowest BCUT2D eigenvalue weighted by Crippen LogP contribution is -2.43. The molecule has 1 fully saturated rings. The summed E-state index contributed by atoms with van der Waals surface area (Å²) in [4.78, 5) is 12.1. The molecule has 19 heavy (non-hydrogen) atoms. The van der Waals surface area contributed by atoms with Gasteiger partial charge in [0.2, 0.25) is 5.91 Å². The van der Waals surface area contributed by atoms with Gasteiger partial charge in [-0.1, -0.05) is 37.1 Å². The van der Waals surface area contributed by atoms with E-state index in [1.54, 1.807) is 0 Å². The van der Waals surface area contributed by atoms with E-state index in [2.05, 4.69) is 5.32 Å². The number of carbonyl (C=O) groups excluding carboxylic acids is 1. The Kier molecular flexibility index (Phi) is 4.93. The van der Waals surface area contributed by atoms with Crippen molar-refractivity contribution in [3.8, 4) is 0 Å². The minimum Gasteiger partial charge on any atom is -0.392 e. The van der Waals surface area contributed by atoms with Crippen molar-refractivity contribution in [1.29, 1.82) is 0 Å². The lowest BCUT2D eigenvalue weighted by Gasteiger charge is -2.27. The molecule has 2 unspecified atom stereocenters. The van der Waals surface area contributed by atoms with Crippen molar-refractivity contribution in [2.24, 2.45) is 11.7 Å². The first-order valence-corrected chi connectivity index (χ1v) is 6.92. The fraction of sp³-hybridized carbons (Fsp3) is 0.533. The molecule has 0 radical (unpaired) electrons. The van der Waals surface area contributed by atoms with Crippen LogP contribution in [-0.4, -0.2) is 17.1 Å². The maximum Gasteiger partial charge on any atom is 0.224 e. The largest absolute Gasteiger partial charge is 0.392 e. The van der Waals surface area contributed by atoms with E-state index < -0.39 is 0 Å². The number of aliphatic hydroxyl groups excluding tert-OH is 1. The second kappa shape index (κ2) is 6.68. The molecule has 4 heteroatoms. The zero-order chi connectivity index (χ0) is 13.7. The lowest BCUT2D eigenvalue weighted by molar-refractivity contribution is -0.126. The smallest absolute Gasteiger partial charge is 0.224 e. The topological polar surface area (TPSA) is 75.4 Å². The van der Waals surface area contributed by atoms with Gasteiger partial charge in [0.1, 0.15) is 0 Å². The van der Waals surface area contributed by atoms with Crippen LogP contribution in [0, 0.1) is 5.92 Å². The molecular weight excluding hydrogens is 240 g/mol. The predicted octanol–water partition coefficient (Wildman–Crippen LogP) is 1.31. The minimum atomic E-state index is -0.0465. The van der Waals surface area contributed by atoms with E-state index >= 15 is 0 Å². The average Bonchev–Trinajstić information content (AvgIpc) is 2.45. The Labute approximate surface area is 114 Å². The Bertz CT molecular complexity index is 434. The molecule has 0 saturated heterocycles. The van der Waals surface area contributed by atoms with Gasteiger partial charge in [0, 0.05) is 12.6 Å². The van der Waals surface area contributed by atoms with Gasteiger partial charge in [-0.25, -0.2) is 0 Å². The highest BCUT2D eigenvalue weighted by atomic mass is 16.3. The van der Waals surface area contributed by atoms with Crippen LogP contribution in [-0.2, 0) is 17.9 Å². The first-order chi connectivity index (χ1) is 9.20. The number of aliphatic hydroxyl groups is 1. The molecule has 1 aliphatic rings. The molecule has 1 aromatic rings. The Morgan fingerprint density at radius 2 is 2.05 bits per heavy atom. The SMILES string of the molecule is NC1CCCCC1C(=O)NCc1cccc(CO)c1. The van der Waals surface area contributed by atoms with Crippen LogP contribution >= 0.6 is 0 Å². The van der Waals surface area contributed by atoms with E-state index in [1.165, 1.54) is 0 Å². The maximum absolute atomic E-state index is 12.1. The zero-order valence-corrected chi connectivity index (χ0v) is 11.1. The highest BCUT2D eigenvalue weighted by Crippen LogP contribution is 2.23. The van der Waals surface area contributed by atoms with Gasteiger partial charge in [-0.05, 0) is 24.0 Å². The van der Waals surface area contributed by atoms with E-state index in [0.717, 1.165) is 36.8 Å². The first kappa shape index (κ1) is 14.0. The second-order valence-electron chi connectivity index (χ2n) is 5.25. The molecule has 2 atom stereocenters. The standard InChI is InChI=1S/C15H22N2O2/c16-14-7-2-1-6-13(14)15(19)17-9-11-4-3-5-12(8-11)10-18/h3-5,8,13-14,18H,1-2,6-7,9-10,16H2,(H,17,19). The Morgan fingerprint density at radius 1 is 1.32 bits per heavy atom. The van der Waals surface area contributed by atoms with Crippen LogP contribution in [0.3, 0.4) is 0 Å². The number of rotatable bonds is 4. The van der Waals surface area contributed by atoms with Gasteiger partial charge in [-0.3, -0.25) is 4.79 Å². The Hall–Kier alpha value is -1.39. The number of hydrogen-bond donors (Lipinski definition) is 3. The summed E-state index contributed by atoms with van der Waals surface area (Å²) in [5.41, 5.74) is 7.87. The van der Waals surface area contributed by atoms with E-state index in [0.29, 0.717) is 6.54 Å². The molecule has 0 aromatic heterocycles. The summed E-state index contributed by atoms with van der Waals surface area (Å²) in [6.45, 7) is 0.519. The highest BCUT2D eigenvalue weighted by molar-refractivity contribution is 5.79. The molecule has 1 aromatic carbocycles. The number of amides is 1. The molecule has 0 heterocycles. The minimum absolute atomic E-state index is 0.00229. The number of nitrogens with two attached hydrogens (primary N) is 1. The van der Waals surface area contributed by atoms with E-state index in [9.17, 15) is 4.79 Å². The molecule has 4 nitrogen and oxygen atoms in total. The van der Waals surface area contributed by atoms with E-state index in [1.807, 2.05) is 24.3 Å². The molecule has 4 N–H and O–H groups in total. The fourth-order valence-electron chi connectivity index (χ4n) is 2.64. The fourth-order valence-corrected chi connectivity index (χ4v) is 2.64. The molecule has 2 rings (SSSR count). The number of nitrogens with one attached hydrogen (secondary N) is 1. The van der Waals surface area contributed by atoms with Crippen molar-refractivity contribution in [2.45, 2.75) is 44.9 Å². The first-order valence-electron chi connectivity index (χ1n) is 6.92. The van der Waals surface area contributed by atoms with Gasteiger partial charge in [0.15, 0.2) is 0 Å². The van der Waals surface area contributed by atoms with Crippen LogP contribution in [0.25, 0.3) is 0 Å². The number of hydrogen-bond acceptors (Lipinski definition) is 3. The number of carbonyl (C=O) groups is 1. The van der Waals surface area contributed by atoms with Crippen LogP contribution in [0.4, 0.5) is 0 Å².